The lowest BCUT2D eigenvalue weighted by Gasteiger charge is -2.13. The van der Waals surface area contributed by atoms with Gasteiger partial charge in [0.25, 0.3) is 0 Å². The van der Waals surface area contributed by atoms with E-state index in [1.165, 1.54) is 12.5 Å². The first kappa shape index (κ1) is 9.92. The molecule has 0 spiro atoms. The number of hydrogen-bond acceptors (Lipinski definition) is 1. The van der Waals surface area contributed by atoms with Gasteiger partial charge in [0.2, 0.25) is 0 Å². The third-order valence-corrected chi connectivity index (χ3v) is 2.74. The van der Waals surface area contributed by atoms with E-state index < -0.39 is 0 Å². The Balaban J connectivity index is 2.37. The SMILES string of the molecule is N#Cc1ccc(C2=CCCCC2)c(F)c1. The molecular weight excluding hydrogens is 189 g/mol. The molecule has 0 heterocycles. The molecule has 0 saturated carbocycles. The van der Waals surface area contributed by atoms with Gasteiger partial charge in [-0.1, -0.05) is 12.1 Å². The Bertz CT molecular complexity index is 440. The van der Waals surface area contributed by atoms with Gasteiger partial charge in [-0.15, -0.1) is 0 Å². The molecule has 0 unspecified atom stereocenters. The molecule has 1 nitrogen and oxygen atoms in total. The van der Waals surface area contributed by atoms with Gasteiger partial charge in [0, 0.05) is 5.56 Å². The molecule has 1 aromatic carbocycles. The molecule has 15 heavy (non-hydrogen) atoms. The largest absolute Gasteiger partial charge is 0.206 e. The first-order valence-electron chi connectivity index (χ1n) is 5.20. The lowest BCUT2D eigenvalue weighted by atomic mass is 9.93. The maximum atomic E-state index is 13.6. The van der Waals surface area contributed by atoms with E-state index in [4.69, 9.17) is 5.26 Å². The molecule has 76 valence electrons. The molecule has 1 aromatic rings. The normalized spacial score (nSPS) is 15.6. The lowest BCUT2D eigenvalue weighted by molar-refractivity contribution is 0.620. The molecule has 0 fully saturated rings. The summed E-state index contributed by atoms with van der Waals surface area (Å²) >= 11 is 0. The van der Waals surface area contributed by atoms with Crippen LogP contribution in [0.3, 0.4) is 0 Å². The quantitative estimate of drug-likeness (QED) is 0.680. The van der Waals surface area contributed by atoms with Crippen molar-refractivity contribution in [1.29, 1.82) is 5.26 Å². The third-order valence-electron chi connectivity index (χ3n) is 2.74. The summed E-state index contributed by atoms with van der Waals surface area (Å²) in [6.07, 6.45) is 6.41. The van der Waals surface area contributed by atoms with Crippen molar-refractivity contribution >= 4 is 5.57 Å². The maximum absolute atomic E-state index is 13.6. The number of benzene rings is 1. The highest BCUT2D eigenvalue weighted by molar-refractivity contribution is 5.67. The van der Waals surface area contributed by atoms with E-state index in [9.17, 15) is 4.39 Å². The number of hydrogen-bond donors (Lipinski definition) is 0. The molecule has 0 N–H and O–H groups in total. The molecule has 0 amide bonds. The molecule has 1 aliphatic carbocycles. The van der Waals surface area contributed by atoms with E-state index in [1.54, 1.807) is 12.1 Å². The fraction of sp³-hybridized carbons (Fsp3) is 0.308. The van der Waals surface area contributed by atoms with E-state index in [1.807, 2.05) is 6.07 Å². The Morgan fingerprint density at radius 3 is 2.73 bits per heavy atom. The van der Waals surface area contributed by atoms with Crippen LogP contribution in [-0.4, -0.2) is 0 Å². The Morgan fingerprint density at radius 1 is 1.27 bits per heavy atom. The molecule has 0 aliphatic heterocycles. The van der Waals surface area contributed by atoms with E-state index in [0.29, 0.717) is 11.1 Å². The summed E-state index contributed by atoms with van der Waals surface area (Å²) in [4.78, 5) is 0. The summed E-state index contributed by atoms with van der Waals surface area (Å²) in [5.41, 5.74) is 2.13. The second-order valence-electron chi connectivity index (χ2n) is 3.78. The monoisotopic (exact) mass is 201 g/mol. The van der Waals surface area contributed by atoms with E-state index in [2.05, 4.69) is 6.08 Å². The van der Waals surface area contributed by atoms with Crippen molar-refractivity contribution in [3.05, 3.63) is 41.2 Å². The van der Waals surface area contributed by atoms with Gasteiger partial charge in [-0.2, -0.15) is 5.26 Å². The van der Waals surface area contributed by atoms with E-state index in [-0.39, 0.29) is 5.82 Å². The van der Waals surface area contributed by atoms with Crippen molar-refractivity contribution in [3.63, 3.8) is 0 Å². The zero-order chi connectivity index (χ0) is 10.7. The predicted octanol–water partition coefficient (Wildman–Crippen LogP) is 3.65. The summed E-state index contributed by atoms with van der Waals surface area (Å²) in [7, 11) is 0. The van der Waals surface area contributed by atoms with Gasteiger partial charge in [0.15, 0.2) is 0 Å². The second-order valence-corrected chi connectivity index (χ2v) is 3.78. The Kier molecular flexibility index (Phi) is 2.82. The molecule has 0 aromatic heterocycles. The third kappa shape index (κ3) is 2.07. The van der Waals surface area contributed by atoms with Gasteiger partial charge >= 0.3 is 0 Å². The standard InChI is InChI=1S/C13H12FN/c14-13-8-10(9-15)6-7-12(13)11-4-2-1-3-5-11/h4,6-8H,1-3,5H2. The number of allylic oxidation sites excluding steroid dienone is 2. The number of rotatable bonds is 1. The van der Waals surface area contributed by atoms with Crippen molar-refractivity contribution in [1.82, 2.24) is 0 Å². The average Bonchev–Trinajstić information content (AvgIpc) is 2.30. The Hall–Kier alpha value is -1.62. The van der Waals surface area contributed by atoms with Crippen molar-refractivity contribution in [2.24, 2.45) is 0 Å². The highest BCUT2D eigenvalue weighted by Gasteiger charge is 2.10. The van der Waals surface area contributed by atoms with E-state index in [0.717, 1.165) is 24.8 Å². The summed E-state index contributed by atoms with van der Waals surface area (Å²) in [6.45, 7) is 0. The van der Waals surface area contributed by atoms with Gasteiger partial charge in [0.05, 0.1) is 11.6 Å². The van der Waals surface area contributed by atoms with Crippen LogP contribution in [0.2, 0.25) is 0 Å². The number of nitrogens with zero attached hydrogens (tertiary/aromatic N) is 1. The van der Waals surface area contributed by atoms with Crippen LogP contribution in [0.15, 0.2) is 24.3 Å². The summed E-state index contributed by atoms with van der Waals surface area (Å²) < 4.78 is 13.6. The summed E-state index contributed by atoms with van der Waals surface area (Å²) in [5.74, 6) is -0.276. The van der Waals surface area contributed by atoms with Crippen molar-refractivity contribution in [2.45, 2.75) is 25.7 Å². The first-order valence-corrected chi connectivity index (χ1v) is 5.20. The predicted molar refractivity (Wildman–Crippen MR) is 57.6 cm³/mol. The molecule has 2 rings (SSSR count). The minimum absolute atomic E-state index is 0.276. The zero-order valence-corrected chi connectivity index (χ0v) is 8.46. The first-order chi connectivity index (χ1) is 7.31. The lowest BCUT2D eigenvalue weighted by Crippen LogP contribution is -1.95. The van der Waals surface area contributed by atoms with Gasteiger partial charge < -0.3 is 0 Å². The topological polar surface area (TPSA) is 23.8 Å². The number of nitriles is 1. The maximum Gasteiger partial charge on any atom is 0.132 e. The van der Waals surface area contributed by atoms with Gasteiger partial charge in [0.1, 0.15) is 5.82 Å². The van der Waals surface area contributed by atoms with Crippen LogP contribution in [0, 0.1) is 17.1 Å². The molecule has 0 saturated heterocycles. The van der Waals surface area contributed by atoms with Crippen LogP contribution in [0.4, 0.5) is 4.39 Å². The van der Waals surface area contributed by atoms with Crippen LogP contribution < -0.4 is 0 Å². The fourth-order valence-electron chi connectivity index (χ4n) is 1.93. The summed E-state index contributed by atoms with van der Waals surface area (Å²) in [5, 5.41) is 8.63. The highest BCUT2D eigenvalue weighted by Crippen LogP contribution is 2.28. The van der Waals surface area contributed by atoms with Crippen molar-refractivity contribution < 1.29 is 4.39 Å². The number of halogens is 1. The van der Waals surface area contributed by atoms with E-state index >= 15 is 0 Å². The second kappa shape index (κ2) is 4.27. The van der Waals surface area contributed by atoms with Gasteiger partial charge in [-0.3, -0.25) is 0 Å². The highest BCUT2D eigenvalue weighted by atomic mass is 19.1. The van der Waals surface area contributed by atoms with Crippen molar-refractivity contribution in [2.75, 3.05) is 0 Å². The molecular formula is C13H12FN. The smallest absolute Gasteiger partial charge is 0.132 e. The van der Waals surface area contributed by atoms with Crippen LogP contribution in [-0.2, 0) is 0 Å². The average molecular weight is 201 g/mol. The minimum Gasteiger partial charge on any atom is -0.206 e. The Labute approximate surface area is 88.8 Å². The molecule has 1 aliphatic rings. The molecule has 0 atom stereocenters. The molecule has 0 radical (unpaired) electrons. The van der Waals surface area contributed by atoms with Gasteiger partial charge in [-0.25, -0.2) is 4.39 Å². The molecule has 2 heteroatoms. The van der Waals surface area contributed by atoms with Crippen LogP contribution in [0.5, 0.6) is 0 Å². The zero-order valence-electron chi connectivity index (χ0n) is 8.46. The molecule has 0 bridgehead atoms. The minimum atomic E-state index is -0.276. The fourth-order valence-corrected chi connectivity index (χ4v) is 1.93. The van der Waals surface area contributed by atoms with Crippen LogP contribution in [0.25, 0.3) is 5.57 Å². The Morgan fingerprint density at radius 2 is 2.13 bits per heavy atom. The van der Waals surface area contributed by atoms with Gasteiger partial charge in [-0.05, 0) is 43.4 Å². The van der Waals surface area contributed by atoms with Crippen LogP contribution >= 0.6 is 0 Å². The van der Waals surface area contributed by atoms with Crippen LogP contribution in [0.1, 0.15) is 36.8 Å². The van der Waals surface area contributed by atoms with Crippen molar-refractivity contribution in [3.8, 4) is 6.07 Å². The summed E-state index contributed by atoms with van der Waals surface area (Å²) in [6, 6.07) is 6.64.